The third-order valence-electron chi connectivity index (χ3n) is 6.59. The second kappa shape index (κ2) is 12.2. The topological polar surface area (TPSA) is 140 Å². The lowest BCUT2D eigenvalue weighted by atomic mass is 9.99. The molecule has 0 unspecified atom stereocenters. The average molecular weight is 610 g/mol. The first-order valence-corrected chi connectivity index (χ1v) is 16.9. The molecule has 13 heteroatoms. The van der Waals surface area contributed by atoms with E-state index >= 15 is 0 Å². The quantitative estimate of drug-likeness (QED) is 0.263. The van der Waals surface area contributed by atoms with Gasteiger partial charge in [-0.2, -0.15) is 0 Å². The Kier molecular flexibility index (Phi) is 8.50. The summed E-state index contributed by atoms with van der Waals surface area (Å²) in [5.41, 5.74) is 3.74. The molecule has 0 saturated carbocycles. The Morgan fingerprint density at radius 1 is 0.952 bits per heavy atom. The van der Waals surface area contributed by atoms with E-state index in [1.54, 1.807) is 42.6 Å². The van der Waals surface area contributed by atoms with Crippen LogP contribution in [0.1, 0.15) is 5.56 Å². The van der Waals surface area contributed by atoms with Crippen molar-refractivity contribution in [1.82, 2.24) is 14.9 Å². The van der Waals surface area contributed by atoms with Crippen LogP contribution in [0.15, 0.2) is 91.4 Å². The molecule has 1 aliphatic rings. The molecule has 11 nitrogen and oxygen atoms in total. The minimum Gasteiger partial charge on any atom is -0.489 e. The first kappa shape index (κ1) is 29.1. The van der Waals surface area contributed by atoms with Crippen molar-refractivity contribution in [1.29, 1.82) is 0 Å². The van der Waals surface area contributed by atoms with E-state index in [1.165, 1.54) is 16.6 Å². The Bertz CT molecular complexity index is 1730. The standard InChI is InChI=1S/C29H31N5O6S2/c1-41(36,37)21-42(38,39)32-25-11-7-22(8-12-25)19-40-27-13-9-24(10-14-27)28-18-34(20-31-28)29(35)30-15-23-16-33(17-23)26-5-3-2-4-6-26/h2-14,18,20,23,32H,15-17,19,21H2,1H3,(H,30,35). The van der Waals surface area contributed by atoms with Crippen LogP contribution in [0.3, 0.4) is 0 Å². The van der Waals surface area contributed by atoms with E-state index in [1.807, 2.05) is 30.3 Å². The molecule has 3 aromatic carbocycles. The van der Waals surface area contributed by atoms with Crippen LogP contribution in [0.4, 0.5) is 16.2 Å². The molecule has 2 N–H and O–H groups in total. The van der Waals surface area contributed by atoms with Gasteiger partial charge < -0.3 is 15.0 Å². The monoisotopic (exact) mass is 609 g/mol. The number of benzene rings is 3. The number of hydrogen-bond acceptors (Lipinski definition) is 8. The van der Waals surface area contributed by atoms with Gasteiger partial charge in [0.1, 0.15) is 18.7 Å². The Labute approximate surface area is 245 Å². The predicted octanol–water partition coefficient (Wildman–Crippen LogP) is 3.57. The summed E-state index contributed by atoms with van der Waals surface area (Å²) in [5.74, 6) is 1.03. The Morgan fingerprint density at radius 2 is 1.64 bits per heavy atom. The fourth-order valence-corrected chi connectivity index (χ4v) is 7.49. The number of imidazole rings is 1. The summed E-state index contributed by atoms with van der Waals surface area (Å²) in [7, 11) is -7.69. The van der Waals surface area contributed by atoms with Gasteiger partial charge in [0.05, 0.1) is 5.69 Å². The number of anilines is 2. The molecule has 1 saturated heterocycles. The molecular formula is C29H31N5O6S2. The highest BCUT2D eigenvalue weighted by atomic mass is 32.3. The highest BCUT2D eigenvalue weighted by Crippen LogP contribution is 2.24. The van der Waals surface area contributed by atoms with Gasteiger partial charge in [0.2, 0.25) is 10.0 Å². The normalized spacial score (nSPS) is 13.8. The number of para-hydroxylation sites is 1. The predicted molar refractivity (Wildman–Crippen MR) is 162 cm³/mol. The number of ether oxygens (including phenoxy) is 1. The summed E-state index contributed by atoms with van der Waals surface area (Å²) < 4.78 is 56.0. The number of carbonyl (C=O) groups excluding carboxylic acids is 1. The Hall–Kier alpha value is -4.36. The Balaban J connectivity index is 1.07. The molecule has 1 aromatic heterocycles. The lowest BCUT2D eigenvalue weighted by molar-refractivity contribution is 0.238. The number of amides is 1. The van der Waals surface area contributed by atoms with E-state index in [9.17, 15) is 21.6 Å². The number of carbonyl (C=O) groups is 1. The van der Waals surface area contributed by atoms with Gasteiger partial charge in [0.15, 0.2) is 14.9 Å². The number of sulfone groups is 1. The summed E-state index contributed by atoms with van der Waals surface area (Å²) in [4.78, 5) is 19.3. The van der Waals surface area contributed by atoms with Crippen LogP contribution in [-0.2, 0) is 26.5 Å². The van der Waals surface area contributed by atoms with Crippen LogP contribution in [-0.4, -0.2) is 63.4 Å². The molecule has 1 amide bonds. The maximum absolute atomic E-state index is 12.6. The largest absolute Gasteiger partial charge is 0.489 e. The van der Waals surface area contributed by atoms with Crippen LogP contribution < -0.4 is 19.7 Å². The van der Waals surface area contributed by atoms with Crippen molar-refractivity contribution in [2.75, 3.05) is 40.6 Å². The van der Waals surface area contributed by atoms with Gasteiger partial charge in [-0.05, 0) is 54.1 Å². The molecule has 1 aliphatic heterocycles. The first-order chi connectivity index (χ1) is 20.0. The van der Waals surface area contributed by atoms with Crippen molar-refractivity contribution in [2.45, 2.75) is 6.61 Å². The summed E-state index contributed by atoms with van der Waals surface area (Å²) in [6.07, 6.45) is 4.05. The summed E-state index contributed by atoms with van der Waals surface area (Å²) >= 11 is 0. The smallest absolute Gasteiger partial charge is 0.326 e. The molecule has 42 heavy (non-hydrogen) atoms. The van der Waals surface area contributed by atoms with Gasteiger partial charge >= 0.3 is 6.03 Å². The maximum Gasteiger partial charge on any atom is 0.326 e. The lowest BCUT2D eigenvalue weighted by Crippen LogP contribution is -2.51. The van der Waals surface area contributed by atoms with Crippen molar-refractivity contribution in [3.63, 3.8) is 0 Å². The van der Waals surface area contributed by atoms with Gasteiger partial charge in [0, 0.05) is 54.9 Å². The number of rotatable bonds is 11. The van der Waals surface area contributed by atoms with Gasteiger partial charge in [0.25, 0.3) is 0 Å². The van der Waals surface area contributed by atoms with Crippen molar-refractivity contribution >= 4 is 37.3 Å². The molecule has 0 radical (unpaired) electrons. The summed E-state index contributed by atoms with van der Waals surface area (Å²) in [6, 6.07) is 23.8. The number of nitrogens with zero attached hydrogens (tertiary/aromatic N) is 3. The highest BCUT2D eigenvalue weighted by molar-refractivity contribution is 8.08. The van der Waals surface area contributed by atoms with Crippen LogP contribution in [0, 0.1) is 5.92 Å². The molecule has 0 atom stereocenters. The van der Waals surface area contributed by atoms with Crippen LogP contribution in [0.25, 0.3) is 11.3 Å². The van der Waals surface area contributed by atoms with Gasteiger partial charge in [-0.1, -0.05) is 30.3 Å². The van der Waals surface area contributed by atoms with E-state index in [0.29, 0.717) is 23.9 Å². The molecule has 220 valence electrons. The zero-order chi connectivity index (χ0) is 29.7. The van der Waals surface area contributed by atoms with E-state index in [2.05, 4.69) is 32.1 Å². The number of sulfonamides is 1. The number of aromatic nitrogens is 2. The first-order valence-electron chi connectivity index (χ1n) is 13.2. The third-order valence-corrected chi connectivity index (χ3v) is 10.1. The lowest BCUT2D eigenvalue weighted by Gasteiger charge is -2.41. The van der Waals surface area contributed by atoms with Crippen molar-refractivity contribution < 1.29 is 26.4 Å². The number of hydrogen-bond donors (Lipinski definition) is 2. The highest BCUT2D eigenvalue weighted by Gasteiger charge is 2.27. The van der Waals surface area contributed by atoms with Gasteiger partial charge in [-0.25, -0.2) is 26.6 Å². The molecule has 1 fully saturated rings. The fraction of sp³-hybridized carbons (Fsp3) is 0.241. The minimum absolute atomic E-state index is 0.221. The molecule has 2 heterocycles. The molecular weight excluding hydrogens is 578 g/mol. The molecule has 0 spiro atoms. The molecule has 5 rings (SSSR count). The molecule has 0 aliphatic carbocycles. The van der Waals surface area contributed by atoms with Crippen molar-refractivity contribution in [3.8, 4) is 17.0 Å². The van der Waals surface area contributed by atoms with Crippen LogP contribution in [0.2, 0.25) is 0 Å². The van der Waals surface area contributed by atoms with Crippen molar-refractivity contribution in [2.24, 2.45) is 5.92 Å². The maximum atomic E-state index is 12.6. The molecule has 4 aromatic rings. The zero-order valence-corrected chi connectivity index (χ0v) is 24.5. The summed E-state index contributed by atoms with van der Waals surface area (Å²) in [5, 5.41) is 2.00. The third kappa shape index (κ3) is 7.89. The van der Waals surface area contributed by atoms with Crippen LogP contribution in [0.5, 0.6) is 5.75 Å². The average Bonchev–Trinajstić information content (AvgIpc) is 3.42. The Morgan fingerprint density at radius 3 is 2.31 bits per heavy atom. The van der Waals surface area contributed by atoms with Crippen LogP contribution >= 0.6 is 0 Å². The van der Waals surface area contributed by atoms with Gasteiger partial charge in [-0.3, -0.25) is 9.29 Å². The van der Waals surface area contributed by atoms with Gasteiger partial charge in [-0.15, -0.1) is 0 Å². The zero-order valence-electron chi connectivity index (χ0n) is 22.9. The van der Waals surface area contributed by atoms with Crippen molar-refractivity contribution in [3.05, 3.63) is 97.0 Å². The second-order valence-electron chi connectivity index (χ2n) is 10.2. The molecule has 0 bridgehead atoms. The number of nitrogens with one attached hydrogen (secondary N) is 2. The summed E-state index contributed by atoms with van der Waals surface area (Å²) in [6.45, 7) is 2.67. The van der Waals surface area contributed by atoms with E-state index < -0.39 is 24.9 Å². The van der Waals surface area contributed by atoms with E-state index in [-0.39, 0.29) is 18.3 Å². The SMILES string of the molecule is CS(=O)(=O)CS(=O)(=O)Nc1ccc(COc2ccc(-c3cn(C(=O)NCC4CN(c5ccccc5)C4)cn3)cc2)cc1. The second-order valence-corrected chi connectivity index (χ2v) is 14.5. The van der Waals surface area contributed by atoms with E-state index in [4.69, 9.17) is 4.74 Å². The minimum atomic E-state index is -4.01. The van der Waals surface area contributed by atoms with E-state index in [0.717, 1.165) is 30.5 Å². The fourth-order valence-electron chi connectivity index (χ4n) is 4.50.